The summed E-state index contributed by atoms with van der Waals surface area (Å²) in [5.74, 6) is -1.15. The lowest BCUT2D eigenvalue weighted by Crippen LogP contribution is -2.45. The average molecular weight is 289 g/mol. The summed E-state index contributed by atoms with van der Waals surface area (Å²) >= 11 is 0. The molecular formula is C17H23NO3. The molecule has 1 aliphatic rings. The molecule has 1 fully saturated rings. The zero-order valence-electron chi connectivity index (χ0n) is 12.5. The Hall–Kier alpha value is -1.84. The number of hydrogen-bond donors (Lipinski definition) is 2. The van der Waals surface area contributed by atoms with Crippen molar-refractivity contribution >= 4 is 11.9 Å². The Kier molecular flexibility index (Phi) is 4.99. The summed E-state index contributed by atoms with van der Waals surface area (Å²) < 4.78 is 0. The maximum absolute atomic E-state index is 12.2. The van der Waals surface area contributed by atoms with Crippen LogP contribution in [0.5, 0.6) is 0 Å². The van der Waals surface area contributed by atoms with Crippen LogP contribution in [0.4, 0.5) is 0 Å². The second kappa shape index (κ2) is 6.74. The van der Waals surface area contributed by atoms with E-state index < -0.39 is 11.4 Å². The van der Waals surface area contributed by atoms with Gasteiger partial charge in [0.15, 0.2) is 0 Å². The Morgan fingerprint density at radius 2 is 1.81 bits per heavy atom. The molecule has 1 aromatic rings. The molecule has 4 nitrogen and oxygen atoms in total. The van der Waals surface area contributed by atoms with Crippen LogP contribution in [0.25, 0.3) is 0 Å². The van der Waals surface area contributed by atoms with Crippen LogP contribution in [0.2, 0.25) is 0 Å². The van der Waals surface area contributed by atoms with E-state index in [-0.39, 0.29) is 18.4 Å². The maximum atomic E-state index is 12.2. The summed E-state index contributed by atoms with van der Waals surface area (Å²) in [6, 6.07) is 9.54. The molecule has 114 valence electrons. The lowest BCUT2D eigenvalue weighted by Gasteiger charge is -2.33. The number of amides is 1. The van der Waals surface area contributed by atoms with Gasteiger partial charge in [0, 0.05) is 6.54 Å². The number of rotatable bonds is 5. The second-order valence-electron chi connectivity index (χ2n) is 6.00. The van der Waals surface area contributed by atoms with Gasteiger partial charge in [-0.1, -0.05) is 49.6 Å². The number of carbonyl (C=O) groups excluding carboxylic acids is 1. The Morgan fingerprint density at radius 1 is 1.19 bits per heavy atom. The predicted molar refractivity (Wildman–Crippen MR) is 81.0 cm³/mol. The summed E-state index contributed by atoms with van der Waals surface area (Å²) in [4.78, 5) is 23.8. The third kappa shape index (κ3) is 3.63. The van der Waals surface area contributed by atoms with E-state index in [2.05, 4.69) is 5.32 Å². The monoisotopic (exact) mass is 289 g/mol. The van der Waals surface area contributed by atoms with E-state index in [9.17, 15) is 14.7 Å². The van der Waals surface area contributed by atoms with Crippen LogP contribution in [0.1, 0.15) is 50.5 Å². The molecular weight excluding hydrogens is 266 g/mol. The predicted octanol–water partition coefficient (Wildman–Crippen LogP) is 2.94. The lowest BCUT2D eigenvalue weighted by molar-refractivity contribution is -0.151. The Bertz CT molecular complexity index is 492. The van der Waals surface area contributed by atoms with Crippen molar-refractivity contribution in [3.63, 3.8) is 0 Å². The highest BCUT2D eigenvalue weighted by Crippen LogP contribution is 2.36. The van der Waals surface area contributed by atoms with Crippen molar-refractivity contribution in [1.82, 2.24) is 5.32 Å². The van der Waals surface area contributed by atoms with E-state index in [1.54, 1.807) is 0 Å². The van der Waals surface area contributed by atoms with Crippen molar-refractivity contribution in [3.8, 4) is 0 Å². The van der Waals surface area contributed by atoms with E-state index in [0.29, 0.717) is 12.8 Å². The molecule has 2 N–H and O–H groups in total. The fourth-order valence-corrected chi connectivity index (χ4v) is 3.00. The van der Waals surface area contributed by atoms with E-state index >= 15 is 0 Å². The van der Waals surface area contributed by atoms with Gasteiger partial charge in [0.05, 0.1) is 11.3 Å². The first kappa shape index (κ1) is 15.5. The van der Waals surface area contributed by atoms with Gasteiger partial charge in [0.25, 0.3) is 0 Å². The zero-order chi connectivity index (χ0) is 15.3. The summed E-state index contributed by atoms with van der Waals surface area (Å²) in [6.45, 7) is 2.08. The number of carboxylic acids is 1. The molecule has 2 rings (SSSR count). The standard InChI is InChI=1S/C17H23NO3/c1-13(14-8-4-2-5-9-14)15(19)18-12-17(16(20)21)10-6-3-7-11-17/h2,4-5,8-9,13H,3,6-7,10-12H2,1H3,(H,18,19)(H,20,21)/t13-/m0/s1. The van der Waals surface area contributed by atoms with E-state index in [4.69, 9.17) is 0 Å². The summed E-state index contributed by atoms with van der Waals surface area (Å²) in [5.41, 5.74) is 0.174. The maximum Gasteiger partial charge on any atom is 0.311 e. The first-order valence-electron chi connectivity index (χ1n) is 7.61. The Labute approximate surface area is 125 Å². The number of carbonyl (C=O) groups is 2. The SMILES string of the molecule is C[C@H](C(=O)NCC1(C(=O)O)CCCCC1)c1ccccc1. The van der Waals surface area contributed by atoms with E-state index in [0.717, 1.165) is 24.8 Å². The topological polar surface area (TPSA) is 66.4 Å². The second-order valence-corrected chi connectivity index (χ2v) is 6.00. The molecule has 0 bridgehead atoms. The first-order valence-corrected chi connectivity index (χ1v) is 7.61. The van der Waals surface area contributed by atoms with Gasteiger partial charge < -0.3 is 10.4 Å². The van der Waals surface area contributed by atoms with Crippen molar-refractivity contribution in [3.05, 3.63) is 35.9 Å². The van der Waals surface area contributed by atoms with Crippen molar-refractivity contribution in [2.75, 3.05) is 6.54 Å². The molecule has 0 spiro atoms. The largest absolute Gasteiger partial charge is 0.481 e. The fraction of sp³-hybridized carbons (Fsp3) is 0.529. The lowest BCUT2D eigenvalue weighted by atomic mass is 9.74. The van der Waals surface area contributed by atoms with Crippen LogP contribution in [0, 0.1) is 5.41 Å². The van der Waals surface area contributed by atoms with Crippen molar-refractivity contribution in [2.45, 2.75) is 44.9 Å². The fourth-order valence-electron chi connectivity index (χ4n) is 3.00. The summed E-state index contributed by atoms with van der Waals surface area (Å²) in [5, 5.41) is 12.4. The van der Waals surface area contributed by atoms with Crippen LogP contribution >= 0.6 is 0 Å². The highest BCUT2D eigenvalue weighted by molar-refractivity contribution is 5.84. The van der Waals surface area contributed by atoms with Crippen LogP contribution in [0.15, 0.2) is 30.3 Å². The van der Waals surface area contributed by atoms with E-state index in [1.807, 2.05) is 37.3 Å². The van der Waals surface area contributed by atoms with Crippen LogP contribution in [-0.2, 0) is 9.59 Å². The number of nitrogens with one attached hydrogen (secondary N) is 1. The minimum absolute atomic E-state index is 0.104. The van der Waals surface area contributed by atoms with Gasteiger partial charge >= 0.3 is 5.97 Å². The molecule has 1 atom stereocenters. The molecule has 1 saturated carbocycles. The van der Waals surface area contributed by atoms with Crippen molar-refractivity contribution < 1.29 is 14.7 Å². The molecule has 0 aromatic heterocycles. The van der Waals surface area contributed by atoms with Gasteiger partial charge in [0.1, 0.15) is 0 Å². The average Bonchev–Trinajstić information content (AvgIpc) is 2.53. The van der Waals surface area contributed by atoms with Gasteiger partial charge in [-0.25, -0.2) is 0 Å². The highest BCUT2D eigenvalue weighted by atomic mass is 16.4. The van der Waals surface area contributed by atoms with Crippen molar-refractivity contribution in [1.29, 1.82) is 0 Å². The molecule has 1 amide bonds. The Morgan fingerprint density at radius 3 is 2.38 bits per heavy atom. The zero-order valence-corrected chi connectivity index (χ0v) is 12.5. The number of benzene rings is 1. The number of carboxylic acid groups (broad SMARTS) is 1. The normalized spacial score (nSPS) is 18.7. The van der Waals surface area contributed by atoms with Gasteiger partial charge in [-0.15, -0.1) is 0 Å². The minimum Gasteiger partial charge on any atom is -0.481 e. The van der Waals surface area contributed by atoms with Crippen molar-refractivity contribution in [2.24, 2.45) is 5.41 Å². The van der Waals surface area contributed by atoms with Crippen LogP contribution < -0.4 is 5.32 Å². The third-order valence-electron chi connectivity index (χ3n) is 4.56. The molecule has 0 unspecified atom stereocenters. The molecule has 1 aliphatic carbocycles. The van der Waals surface area contributed by atoms with Gasteiger partial charge in [-0.3, -0.25) is 9.59 Å². The van der Waals surface area contributed by atoms with Gasteiger partial charge in [0.2, 0.25) is 5.91 Å². The smallest absolute Gasteiger partial charge is 0.311 e. The quantitative estimate of drug-likeness (QED) is 0.875. The third-order valence-corrected chi connectivity index (χ3v) is 4.56. The molecule has 0 heterocycles. The van der Waals surface area contributed by atoms with Crippen LogP contribution in [-0.4, -0.2) is 23.5 Å². The van der Waals surface area contributed by atoms with Crippen LogP contribution in [0.3, 0.4) is 0 Å². The molecule has 1 aromatic carbocycles. The summed E-state index contributed by atoms with van der Waals surface area (Å²) in [6.07, 6.45) is 4.25. The van der Waals surface area contributed by atoms with Gasteiger partial charge in [-0.05, 0) is 25.3 Å². The van der Waals surface area contributed by atoms with E-state index in [1.165, 1.54) is 0 Å². The molecule has 4 heteroatoms. The Balaban J connectivity index is 1.97. The molecule has 0 saturated heterocycles. The highest BCUT2D eigenvalue weighted by Gasteiger charge is 2.40. The number of aliphatic carboxylic acids is 1. The van der Waals surface area contributed by atoms with Gasteiger partial charge in [-0.2, -0.15) is 0 Å². The molecule has 0 radical (unpaired) electrons. The first-order chi connectivity index (χ1) is 10.1. The molecule has 0 aliphatic heterocycles. The summed E-state index contributed by atoms with van der Waals surface area (Å²) in [7, 11) is 0. The number of hydrogen-bond acceptors (Lipinski definition) is 2. The minimum atomic E-state index is -0.783. The molecule has 21 heavy (non-hydrogen) atoms.